The fourth-order valence-corrected chi connectivity index (χ4v) is 6.02. The highest BCUT2D eigenvalue weighted by Gasteiger charge is 2.41. The van der Waals surface area contributed by atoms with Gasteiger partial charge in [0.15, 0.2) is 5.13 Å². The summed E-state index contributed by atoms with van der Waals surface area (Å²) in [4.78, 5) is 21.6. The van der Waals surface area contributed by atoms with Crippen molar-refractivity contribution in [3.63, 3.8) is 0 Å². The number of esters is 1. The first-order valence-corrected chi connectivity index (χ1v) is 11.6. The van der Waals surface area contributed by atoms with Gasteiger partial charge in [0, 0.05) is 30.6 Å². The summed E-state index contributed by atoms with van der Waals surface area (Å²) in [5.41, 5.74) is 6.07. The number of cyclic esters (lactones) is 1. The summed E-state index contributed by atoms with van der Waals surface area (Å²) in [5.74, 6) is -0.172. The number of piperidine rings is 1. The van der Waals surface area contributed by atoms with Crippen LogP contribution >= 0.6 is 11.3 Å². The largest absolute Gasteiger partial charge is 0.457 e. The first-order valence-electron chi connectivity index (χ1n) is 10.7. The van der Waals surface area contributed by atoms with E-state index < -0.39 is 0 Å². The van der Waals surface area contributed by atoms with Crippen molar-refractivity contribution in [2.75, 3.05) is 37.6 Å². The van der Waals surface area contributed by atoms with E-state index in [1.165, 1.54) is 55.2 Å². The van der Waals surface area contributed by atoms with Crippen LogP contribution in [-0.2, 0) is 17.8 Å². The molecule has 0 radical (unpaired) electrons. The van der Waals surface area contributed by atoms with Crippen molar-refractivity contribution in [1.82, 2.24) is 9.88 Å². The van der Waals surface area contributed by atoms with Gasteiger partial charge in [0.2, 0.25) is 0 Å². The van der Waals surface area contributed by atoms with Crippen LogP contribution in [0.1, 0.15) is 52.0 Å². The third kappa shape index (κ3) is 3.57. The molecule has 154 valence electrons. The molecule has 1 spiro atoms. The van der Waals surface area contributed by atoms with Crippen molar-refractivity contribution in [3.05, 3.63) is 45.5 Å². The normalized spacial score (nSPS) is 21.0. The monoisotopic (exact) mass is 411 g/mol. The van der Waals surface area contributed by atoms with Gasteiger partial charge in [-0.1, -0.05) is 6.07 Å². The maximum absolute atomic E-state index is 11.7. The Labute approximate surface area is 176 Å². The number of rotatable bonds is 4. The predicted octanol–water partition coefficient (Wildman–Crippen LogP) is 3.97. The van der Waals surface area contributed by atoms with Gasteiger partial charge in [-0.15, -0.1) is 11.3 Å². The van der Waals surface area contributed by atoms with Crippen LogP contribution in [0.4, 0.5) is 5.13 Å². The van der Waals surface area contributed by atoms with Crippen molar-refractivity contribution in [2.24, 2.45) is 5.41 Å². The predicted molar refractivity (Wildman–Crippen MR) is 116 cm³/mol. The summed E-state index contributed by atoms with van der Waals surface area (Å²) in [5, 5.41) is 3.36. The van der Waals surface area contributed by atoms with Gasteiger partial charge in [0.1, 0.15) is 6.61 Å². The third-order valence-corrected chi connectivity index (χ3v) is 8.23. The van der Waals surface area contributed by atoms with Crippen LogP contribution < -0.4 is 4.90 Å². The number of fused-ring (bicyclic) bond motifs is 1. The number of likely N-dealkylation sites (tertiary alicyclic amines) is 1. The molecule has 1 aromatic carbocycles. The van der Waals surface area contributed by atoms with Gasteiger partial charge in [-0.05, 0) is 75.2 Å². The van der Waals surface area contributed by atoms with Gasteiger partial charge in [-0.25, -0.2) is 9.78 Å². The van der Waals surface area contributed by atoms with Crippen molar-refractivity contribution >= 4 is 22.4 Å². The van der Waals surface area contributed by atoms with E-state index in [2.05, 4.69) is 35.1 Å². The maximum atomic E-state index is 11.7. The molecule has 5 nitrogen and oxygen atoms in total. The number of aryl methyl sites for hydroxylation is 1. The van der Waals surface area contributed by atoms with Crippen LogP contribution in [0.15, 0.2) is 17.5 Å². The second kappa shape index (κ2) is 7.40. The molecule has 0 aliphatic carbocycles. The van der Waals surface area contributed by atoms with Crippen LogP contribution in [0.3, 0.4) is 0 Å². The molecular weight excluding hydrogens is 382 g/mol. The van der Waals surface area contributed by atoms with E-state index in [-0.39, 0.29) is 5.97 Å². The number of aromatic nitrogens is 1. The first-order chi connectivity index (χ1) is 14.0. The number of ether oxygens (including phenoxy) is 1. The second-order valence-corrected chi connectivity index (χ2v) is 9.82. The SMILES string of the molecule is Cc1csc(N2CCC3(CCN(CCc4ccc5c(c4C)COC5=O)CC3)C2)n1. The molecular formula is C23H29N3O2S. The molecule has 0 bridgehead atoms. The van der Waals surface area contributed by atoms with Crippen molar-refractivity contribution in [2.45, 2.75) is 46.1 Å². The summed E-state index contributed by atoms with van der Waals surface area (Å²) in [6.07, 6.45) is 4.93. The fraction of sp³-hybridized carbons (Fsp3) is 0.565. The molecule has 2 saturated heterocycles. The number of hydrogen-bond donors (Lipinski definition) is 0. The fourth-order valence-electron chi connectivity index (χ4n) is 5.19. The van der Waals surface area contributed by atoms with Crippen molar-refractivity contribution in [3.8, 4) is 0 Å². The summed E-state index contributed by atoms with van der Waals surface area (Å²) in [6, 6.07) is 4.07. The lowest BCUT2D eigenvalue weighted by Gasteiger charge is -2.39. The zero-order valence-electron chi connectivity index (χ0n) is 17.4. The van der Waals surface area contributed by atoms with E-state index in [1.807, 2.05) is 6.07 Å². The highest BCUT2D eigenvalue weighted by Crippen LogP contribution is 2.42. The lowest BCUT2D eigenvalue weighted by atomic mass is 9.77. The van der Waals surface area contributed by atoms with E-state index in [0.29, 0.717) is 12.0 Å². The average molecular weight is 412 g/mol. The molecule has 29 heavy (non-hydrogen) atoms. The van der Waals surface area contributed by atoms with Crippen LogP contribution in [-0.4, -0.2) is 48.6 Å². The maximum Gasteiger partial charge on any atom is 0.338 e. The van der Waals surface area contributed by atoms with E-state index in [1.54, 1.807) is 11.3 Å². The molecule has 4 heterocycles. The zero-order chi connectivity index (χ0) is 20.0. The third-order valence-electron chi connectivity index (χ3n) is 7.21. The summed E-state index contributed by atoms with van der Waals surface area (Å²) < 4.78 is 5.19. The van der Waals surface area contributed by atoms with Crippen LogP contribution in [0, 0.1) is 19.3 Å². The van der Waals surface area contributed by atoms with Gasteiger partial charge in [0.05, 0.1) is 11.3 Å². The average Bonchev–Trinajstić information content (AvgIpc) is 3.43. The number of carbonyl (C=O) groups excluding carboxylic acids is 1. The number of benzene rings is 1. The summed E-state index contributed by atoms with van der Waals surface area (Å²) >= 11 is 1.78. The smallest absolute Gasteiger partial charge is 0.338 e. The molecule has 0 N–H and O–H groups in total. The summed E-state index contributed by atoms with van der Waals surface area (Å²) in [7, 11) is 0. The van der Waals surface area contributed by atoms with E-state index in [4.69, 9.17) is 9.72 Å². The molecule has 5 rings (SSSR count). The molecule has 0 saturated carbocycles. The lowest BCUT2D eigenvalue weighted by Crippen LogP contribution is -2.42. The Bertz CT molecular complexity index is 930. The van der Waals surface area contributed by atoms with E-state index in [9.17, 15) is 4.79 Å². The number of anilines is 1. The minimum atomic E-state index is -0.172. The van der Waals surface area contributed by atoms with Gasteiger partial charge in [-0.3, -0.25) is 0 Å². The van der Waals surface area contributed by atoms with Gasteiger partial charge < -0.3 is 14.5 Å². The Morgan fingerprint density at radius 2 is 1.97 bits per heavy atom. The Morgan fingerprint density at radius 3 is 2.72 bits per heavy atom. The van der Waals surface area contributed by atoms with Gasteiger partial charge in [0.25, 0.3) is 0 Å². The molecule has 3 aliphatic rings. The second-order valence-electron chi connectivity index (χ2n) is 8.99. The van der Waals surface area contributed by atoms with Crippen LogP contribution in [0.25, 0.3) is 0 Å². The number of nitrogens with zero attached hydrogens (tertiary/aromatic N) is 3. The van der Waals surface area contributed by atoms with E-state index >= 15 is 0 Å². The van der Waals surface area contributed by atoms with Crippen molar-refractivity contribution < 1.29 is 9.53 Å². The number of carbonyl (C=O) groups is 1. The number of hydrogen-bond acceptors (Lipinski definition) is 6. The molecule has 0 unspecified atom stereocenters. The molecule has 0 amide bonds. The first kappa shape index (κ1) is 19.1. The Morgan fingerprint density at radius 1 is 1.17 bits per heavy atom. The quantitative estimate of drug-likeness (QED) is 0.713. The minimum Gasteiger partial charge on any atom is -0.457 e. The molecule has 2 fully saturated rings. The molecule has 1 aromatic heterocycles. The Kier molecular flexibility index (Phi) is 4.87. The Hall–Kier alpha value is -1.92. The molecule has 3 aliphatic heterocycles. The zero-order valence-corrected chi connectivity index (χ0v) is 18.2. The van der Waals surface area contributed by atoms with Gasteiger partial charge in [-0.2, -0.15) is 0 Å². The Balaban J connectivity index is 1.16. The molecule has 0 atom stereocenters. The molecule has 6 heteroatoms. The highest BCUT2D eigenvalue weighted by molar-refractivity contribution is 7.13. The molecule has 2 aromatic rings. The standard InChI is InChI=1S/C23H29N3O2S/c1-16-14-29-22(24-16)26-12-8-23(15-26)6-10-25(11-7-23)9-5-18-3-4-19-20(17(18)2)13-28-21(19)27/h3-4,14H,5-13,15H2,1-2H3. The van der Waals surface area contributed by atoms with Crippen molar-refractivity contribution in [1.29, 1.82) is 0 Å². The highest BCUT2D eigenvalue weighted by atomic mass is 32.1. The lowest BCUT2D eigenvalue weighted by molar-refractivity contribution is 0.0535. The number of thiazole rings is 1. The minimum absolute atomic E-state index is 0.172. The van der Waals surface area contributed by atoms with Crippen LogP contribution in [0.5, 0.6) is 0 Å². The van der Waals surface area contributed by atoms with E-state index in [0.717, 1.165) is 36.3 Å². The summed E-state index contributed by atoms with van der Waals surface area (Å²) in [6.45, 7) is 10.5. The van der Waals surface area contributed by atoms with Crippen LogP contribution in [0.2, 0.25) is 0 Å². The topological polar surface area (TPSA) is 45.7 Å². The van der Waals surface area contributed by atoms with Gasteiger partial charge >= 0.3 is 5.97 Å².